The Morgan fingerprint density at radius 3 is 1.93 bits per heavy atom. The van der Waals surface area contributed by atoms with Gasteiger partial charge in [0.15, 0.2) is 17.4 Å². The molecule has 3 nitrogen and oxygen atoms in total. The molecule has 0 saturated heterocycles. The van der Waals surface area contributed by atoms with E-state index in [1.54, 1.807) is 60.7 Å². The first kappa shape index (κ1) is 18.5. The van der Waals surface area contributed by atoms with Crippen molar-refractivity contribution < 1.29 is 27.4 Å². The van der Waals surface area contributed by atoms with E-state index in [4.69, 9.17) is 9.47 Å². The molecule has 3 aromatic rings. The second kappa shape index (κ2) is 8.40. The number of benzene rings is 3. The summed E-state index contributed by atoms with van der Waals surface area (Å²) in [5.41, 5.74) is 0.580. The van der Waals surface area contributed by atoms with Crippen molar-refractivity contribution in [3.8, 4) is 5.75 Å². The van der Waals surface area contributed by atoms with Crippen molar-refractivity contribution in [2.75, 3.05) is 0 Å². The second-order valence-corrected chi connectivity index (χ2v) is 5.70. The van der Waals surface area contributed by atoms with Crippen LogP contribution in [0, 0.1) is 17.5 Å². The molecule has 0 aliphatic rings. The van der Waals surface area contributed by atoms with Crippen LogP contribution < -0.4 is 4.74 Å². The minimum atomic E-state index is -1.50. The van der Waals surface area contributed by atoms with Crippen molar-refractivity contribution in [2.24, 2.45) is 0 Å². The highest BCUT2D eigenvalue weighted by Crippen LogP contribution is 2.28. The minimum absolute atomic E-state index is 0.127. The van der Waals surface area contributed by atoms with E-state index >= 15 is 0 Å². The van der Waals surface area contributed by atoms with Gasteiger partial charge in [-0.25, -0.2) is 13.6 Å². The molecule has 0 saturated carbocycles. The van der Waals surface area contributed by atoms with Crippen LogP contribution >= 0.6 is 0 Å². The van der Waals surface area contributed by atoms with Gasteiger partial charge >= 0.3 is 5.97 Å². The molecule has 0 aliphatic carbocycles. The number of rotatable bonds is 6. The van der Waals surface area contributed by atoms with Gasteiger partial charge in [0.25, 0.3) is 0 Å². The molecule has 0 bridgehead atoms. The topological polar surface area (TPSA) is 35.5 Å². The maximum atomic E-state index is 14.6. The van der Waals surface area contributed by atoms with Gasteiger partial charge in [0.2, 0.25) is 5.82 Å². The third kappa shape index (κ3) is 4.47. The minimum Gasteiger partial charge on any atom is -0.483 e. The van der Waals surface area contributed by atoms with E-state index in [2.05, 4.69) is 0 Å². The molecule has 138 valence electrons. The first-order valence-electron chi connectivity index (χ1n) is 8.11. The highest BCUT2D eigenvalue weighted by molar-refractivity contribution is 5.90. The van der Waals surface area contributed by atoms with Crippen molar-refractivity contribution in [1.82, 2.24) is 0 Å². The lowest BCUT2D eigenvalue weighted by molar-refractivity contribution is 0.0465. The summed E-state index contributed by atoms with van der Waals surface area (Å²) in [6, 6.07) is 17.8. The molecular formula is C21H15F3O3. The molecular weight excluding hydrogens is 357 g/mol. The van der Waals surface area contributed by atoms with E-state index in [-0.39, 0.29) is 13.2 Å². The van der Waals surface area contributed by atoms with Crippen LogP contribution in [-0.4, -0.2) is 5.97 Å². The molecule has 3 rings (SSSR count). The van der Waals surface area contributed by atoms with E-state index < -0.39 is 34.7 Å². The molecule has 0 radical (unpaired) electrons. The zero-order chi connectivity index (χ0) is 19.2. The summed E-state index contributed by atoms with van der Waals surface area (Å²) in [6.45, 7) is -0.311. The Hall–Kier alpha value is -3.28. The first-order chi connectivity index (χ1) is 13.1. The van der Waals surface area contributed by atoms with Gasteiger partial charge in [0.05, 0.1) is 0 Å². The monoisotopic (exact) mass is 372 g/mol. The van der Waals surface area contributed by atoms with E-state index in [9.17, 15) is 18.0 Å². The largest absolute Gasteiger partial charge is 0.483 e. The Bertz CT molecular complexity index is 928. The van der Waals surface area contributed by atoms with Crippen LogP contribution in [0.5, 0.6) is 5.75 Å². The van der Waals surface area contributed by atoms with Crippen LogP contribution in [0.2, 0.25) is 0 Å². The van der Waals surface area contributed by atoms with Crippen LogP contribution in [0.3, 0.4) is 0 Å². The summed E-state index contributed by atoms with van der Waals surface area (Å²) >= 11 is 0. The maximum absolute atomic E-state index is 14.6. The first-order valence-corrected chi connectivity index (χ1v) is 8.11. The number of ether oxygens (including phenoxy) is 2. The number of hydrogen-bond donors (Lipinski definition) is 0. The molecule has 0 atom stereocenters. The third-order valence-electron chi connectivity index (χ3n) is 3.77. The second-order valence-electron chi connectivity index (χ2n) is 5.70. The predicted molar refractivity (Wildman–Crippen MR) is 92.7 cm³/mol. The molecule has 0 N–H and O–H groups in total. The maximum Gasteiger partial charge on any atom is 0.341 e. The molecule has 0 aromatic heterocycles. The van der Waals surface area contributed by atoms with E-state index in [1.807, 2.05) is 0 Å². The molecule has 27 heavy (non-hydrogen) atoms. The van der Waals surface area contributed by atoms with Gasteiger partial charge in [-0.3, -0.25) is 0 Å². The molecule has 6 heteroatoms. The SMILES string of the molecule is O=C(OCc1ccccc1)c1cc(F)c(F)c(OCc2ccccc2)c1F. The summed E-state index contributed by atoms with van der Waals surface area (Å²) in [5.74, 6) is -6.26. The molecule has 0 spiro atoms. The summed E-state index contributed by atoms with van der Waals surface area (Å²) in [6.07, 6.45) is 0. The van der Waals surface area contributed by atoms with E-state index in [0.29, 0.717) is 17.2 Å². The van der Waals surface area contributed by atoms with Crippen molar-refractivity contribution in [2.45, 2.75) is 13.2 Å². The Morgan fingerprint density at radius 1 is 0.778 bits per heavy atom. The van der Waals surface area contributed by atoms with Crippen LogP contribution in [0.15, 0.2) is 66.7 Å². The fraction of sp³-hybridized carbons (Fsp3) is 0.0952. The Morgan fingerprint density at radius 2 is 1.33 bits per heavy atom. The van der Waals surface area contributed by atoms with Gasteiger partial charge in [-0.05, 0) is 17.2 Å². The molecule has 0 amide bonds. The predicted octanol–water partition coefficient (Wildman–Crippen LogP) is 5.04. The highest BCUT2D eigenvalue weighted by atomic mass is 19.2. The van der Waals surface area contributed by atoms with Gasteiger partial charge < -0.3 is 9.47 Å². The normalized spacial score (nSPS) is 10.5. The Kier molecular flexibility index (Phi) is 5.76. The molecule has 0 unspecified atom stereocenters. The summed E-state index contributed by atoms with van der Waals surface area (Å²) in [4.78, 5) is 12.1. The van der Waals surface area contributed by atoms with Gasteiger partial charge in [0.1, 0.15) is 18.8 Å². The van der Waals surface area contributed by atoms with Crippen LogP contribution in [0.1, 0.15) is 21.5 Å². The summed E-state index contributed by atoms with van der Waals surface area (Å²) < 4.78 is 52.4. The Balaban J connectivity index is 1.79. The number of hydrogen-bond acceptors (Lipinski definition) is 3. The third-order valence-corrected chi connectivity index (χ3v) is 3.77. The van der Waals surface area contributed by atoms with Crippen molar-refractivity contribution in [3.63, 3.8) is 0 Å². The molecule has 0 aliphatic heterocycles. The van der Waals surface area contributed by atoms with Crippen molar-refractivity contribution in [1.29, 1.82) is 0 Å². The smallest absolute Gasteiger partial charge is 0.341 e. The lowest BCUT2D eigenvalue weighted by atomic mass is 10.1. The fourth-order valence-electron chi connectivity index (χ4n) is 2.39. The van der Waals surface area contributed by atoms with Crippen molar-refractivity contribution >= 4 is 5.97 Å². The number of halogens is 3. The van der Waals surface area contributed by atoms with E-state index in [0.717, 1.165) is 0 Å². The number of esters is 1. The fourth-order valence-corrected chi connectivity index (χ4v) is 2.39. The average molecular weight is 372 g/mol. The number of carbonyl (C=O) groups excluding carboxylic acids is 1. The van der Waals surface area contributed by atoms with E-state index in [1.165, 1.54) is 0 Å². The summed E-state index contributed by atoms with van der Waals surface area (Å²) in [7, 11) is 0. The molecule has 0 fully saturated rings. The van der Waals surface area contributed by atoms with Crippen molar-refractivity contribution in [3.05, 3.63) is 101 Å². The van der Waals surface area contributed by atoms with Gasteiger partial charge in [0, 0.05) is 0 Å². The van der Waals surface area contributed by atoms with Crippen LogP contribution in [-0.2, 0) is 18.0 Å². The molecule has 3 aromatic carbocycles. The molecule has 0 heterocycles. The van der Waals surface area contributed by atoms with Crippen LogP contribution in [0.4, 0.5) is 13.2 Å². The number of carbonyl (C=O) groups is 1. The standard InChI is InChI=1S/C21H15F3O3/c22-17-11-16(21(25)27-13-15-9-5-2-6-10-15)18(23)20(19(17)24)26-12-14-7-3-1-4-8-14/h1-11H,12-13H2. The Labute approximate surface area is 154 Å². The van der Waals surface area contributed by atoms with Gasteiger partial charge in [-0.2, -0.15) is 4.39 Å². The lowest BCUT2D eigenvalue weighted by Crippen LogP contribution is -2.11. The lowest BCUT2D eigenvalue weighted by Gasteiger charge is -2.12. The highest BCUT2D eigenvalue weighted by Gasteiger charge is 2.25. The quantitative estimate of drug-likeness (QED) is 0.449. The van der Waals surface area contributed by atoms with Crippen LogP contribution in [0.25, 0.3) is 0 Å². The van der Waals surface area contributed by atoms with Gasteiger partial charge in [-0.1, -0.05) is 60.7 Å². The zero-order valence-corrected chi connectivity index (χ0v) is 14.1. The average Bonchev–Trinajstić information content (AvgIpc) is 2.70. The zero-order valence-electron chi connectivity index (χ0n) is 14.1. The van der Waals surface area contributed by atoms with Gasteiger partial charge in [-0.15, -0.1) is 0 Å². The summed E-state index contributed by atoms with van der Waals surface area (Å²) in [5, 5.41) is 0.